The zero-order valence-electron chi connectivity index (χ0n) is 14.4. The molecule has 1 N–H and O–H groups in total. The average molecular weight is 357 g/mol. The Morgan fingerprint density at radius 1 is 1.16 bits per heavy atom. The van der Waals surface area contributed by atoms with Crippen LogP contribution >= 0.6 is 11.6 Å². The van der Waals surface area contributed by atoms with Gasteiger partial charge in [-0.3, -0.25) is 9.59 Å². The lowest BCUT2D eigenvalue weighted by Gasteiger charge is -2.26. The zero-order chi connectivity index (χ0) is 18.0. The summed E-state index contributed by atoms with van der Waals surface area (Å²) in [6, 6.07) is 14.8. The molecule has 5 heteroatoms. The van der Waals surface area contributed by atoms with Gasteiger partial charge in [-0.25, -0.2) is 0 Å². The Labute approximate surface area is 152 Å². The lowest BCUT2D eigenvalue weighted by atomic mass is 10.0. The van der Waals surface area contributed by atoms with E-state index in [0.29, 0.717) is 30.1 Å². The monoisotopic (exact) mass is 356 g/mol. The van der Waals surface area contributed by atoms with Crippen LogP contribution in [0.3, 0.4) is 0 Å². The molecule has 0 atom stereocenters. The van der Waals surface area contributed by atoms with Crippen molar-refractivity contribution in [2.45, 2.75) is 26.7 Å². The largest absolute Gasteiger partial charge is 0.325 e. The molecule has 4 nitrogen and oxygen atoms in total. The van der Waals surface area contributed by atoms with E-state index in [4.69, 9.17) is 11.6 Å². The van der Waals surface area contributed by atoms with Crippen molar-refractivity contribution < 1.29 is 9.59 Å². The number of halogens is 1. The molecule has 25 heavy (non-hydrogen) atoms. The third-order valence-electron chi connectivity index (χ3n) is 4.65. The van der Waals surface area contributed by atoms with Crippen LogP contribution in [0.4, 0.5) is 11.4 Å². The summed E-state index contributed by atoms with van der Waals surface area (Å²) >= 11 is 6.12. The molecule has 0 spiro atoms. The van der Waals surface area contributed by atoms with Gasteiger partial charge in [0.25, 0.3) is 0 Å². The Balaban J connectivity index is 1.79. The van der Waals surface area contributed by atoms with Crippen molar-refractivity contribution in [3.05, 3.63) is 59.1 Å². The van der Waals surface area contributed by atoms with E-state index in [1.54, 1.807) is 17.0 Å². The molecule has 0 aromatic heterocycles. The predicted molar refractivity (Wildman–Crippen MR) is 101 cm³/mol. The fourth-order valence-corrected chi connectivity index (χ4v) is 3.07. The summed E-state index contributed by atoms with van der Waals surface area (Å²) < 4.78 is 0. The molecule has 1 fully saturated rings. The van der Waals surface area contributed by atoms with Crippen molar-refractivity contribution in [3.63, 3.8) is 0 Å². The smallest absolute Gasteiger partial charge is 0.242 e. The summed E-state index contributed by atoms with van der Waals surface area (Å²) in [5.41, 5.74) is 1.40. The van der Waals surface area contributed by atoms with Gasteiger partial charge in [-0.05, 0) is 56.5 Å². The molecule has 1 aliphatic carbocycles. The number of hydrogen-bond acceptors (Lipinski definition) is 2. The molecule has 0 saturated heterocycles. The zero-order valence-corrected chi connectivity index (χ0v) is 15.1. The predicted octanol–water partition coefficient (Wildman–Crippen LogP) is 4.42. The number of hydrogen-bond donors (Lipinski definition) is 1. The summed E-state index contributed by atoms with van der Waals surface area (Å²) in [4.78, 5) is 27.5. The topological polar surface area (TPSA) is 49.4 Å². The molecule has 3 rings (SSSR count). The van der Waals surface area contributed by atoms with Gasteiger partial charge in [0, 0.05) is 22.9 Å². The highest BCUT2D eigenvalue weighted by Gasteiger charge is 2.58. The van der Waals surface area contributed by atoms with Crippen molar-refractivity contribution in [2.24, 2.45) is 5.41 Å². The van der Waals surface area contributed by atoms with Crippen molar-refractivity contribution in [2.75, 3.05) is 16.8 Å². The summed E-state index contributed by atoms with van der Waals surface area (Å²) in [5, 5.41) is 3.44. The molecule has 0 unspecified atom stereocenters. The van der Waals surface area contributed by atoms with Crippen LogP contribution in [0.5, 0.6) is 0 Å². The summed E-state index contributed by atoms with van der Waals surface area (Å²) in [5.74, 6) is -0.399. The summed E-state index contributed by atoms with van der Waals surface area (Å²) in [6.07, 6.45) is 1.14. The number of rotatable bonds is 5. The number of carbonyl (C=O) groups is 2. The van der Waals surface area contributed by atoms with Crippen LogP contribution in [0.1, 0.15) is 25.3 Å². The molecule has 2 amide bonds. The first kappa shape index (κ1) is 17.5. The number of nitrogens with one attached hydrogen (secondary N) is 1. The van der Waals surface area contributed by atoms with Crippen LogP contribution in [-0.4, -0.2) is 18.4 Å². The second kappa shape index (κ2) is 6.89. The van der Waals surface area contributed by atoms with Crippen molar-refractivity contribution in [3.8, 4) is 0 Å². The van der Waals surface area contributed by atoms with Gasteiger partial charge in [0.05, 0.1) is 0 Å². The first-order chi connectivity index (χ1) is 12.0. The molecule has 0 bridgehead atoms. The van der Waals surface area contributed by atoms with Gasteiger partial charge in [-0.15, -0.1) is 0 Å². The fraction of sp³-hybridized carbons (Fsp3) is 0.300. The third kappa shape index (κ3) is 3.40. The summed E-state index contributed by atoms with van der Waals surface area (Å²) in [7, 11) is 0. The highest BCUT2D eigenvalue weighted by Crippen LogP contribution is 2.48. The minimum absolute atomic E-state index is 0.142. The van der Waals surface area contributed by atoms with E-state index >= 15 is 0 Å². The normalized spacial score (nSPS) is 14.7. The van der Waals surface area contributed by atoms with E-state index in [2.05, 4.69) is 5.32 Å². The van der Waals surface area contributed by atoms with Gasteiger partial charge in [0.1, 0.15) is 5.41 Å². The SMILES string of the molecule is CCN(C(=O)C1(C(=O)Nc2ccc(C)c(Cl)c2)CC1)c1ccccc1. The lowest BCUT2D eigenvalue weighted by Crippen LogP contribution is -2.43. The lowest BCUT2D eigenvalue weighted by molar-refractivity contribution is -0.132. The van der Waals surface area contributed by atoms with Crippen molar-refractivity contribution in [1.82, 2.24) is 0 Å². The number of aryl methyl sites for hydroxylation is 1. The molecular weight excluding hydrogens is 336 g/mol. The van der Waals surface area contributed by atoms with E-state index in [-0.39, 0.29) is 11.8 Å². The maximum absolute atomic E-state index is 13.1. The van der Waals surface area contributed by atoms with Crippen LogP contribution in [0.15, 0.2) is 48.5 Å². The van der Waals surface area contributed by atoms with E-state index < -0.39 is 5.41 Å². The Kier molecular flexibility index (Phi) is 4.82. The average Bonchev–Trinajstić information content (AvgIpc) is 3.42. The highest BCUT2D eigenvalue weighted by molar-refractivity contribution is 6.31. The number of nitrogens with zero attached hydrogens (tertiary/aromatic N) is 1. The highest BCUT2D eigenvalue weighted by atomic mass is 35.5. The van der Waals surface area contributed by atoms with Gasteiger partial charge in [0.15, 0.2) is 0 Å². The number of carbonyl (C=O) groups excluding carboxylic acids is 2. The molecule has 1 aliphatic rings. The van der Waals surface area contributed by atoms with E-state index in [1.165, 1.54) is 0 Å². The van der Waals surface area contributed by atoms with Crippen LogP contribution in [0.2, 0.25) is 5.02 Å². The second-order valence-electron chi connectivity index (χ2n) is 6.39. The van der Waals surface area contributed by atoms with E-state index in [0.717, 1.165) is 11.3 Å². The Hall–Kier alpha value is -2.33. The van der Waals surface area contributed by atoms with Crippen molar-refractivity contribution in [1.29, 1.82) is 0 Å². The molecule has 1 saturated carbocycles. The number of para-hydroxylation sites is 1. The van der Waals surface area contributed by atoms with Gasteiger partial charge in [-0.1, -0.05) is 35.9 Å². The van der Waals surface area contributed by atoms with E-state index in [9.17, 15) is 9.59 Å². The molecule has 0 aliphatic heterocycles. The molecule has 2 aromatic rings. The maximum Gasteiger partial charge on any atom is 0.242 e. The molecular formula is C20H21ClN2O2. The van der Waals surface area contributed by atoms with Gasteiger partial charge >= 0.3 is 0 Å². The van der Waals surface area contributed by atoms with Gasteiger partial charge in [0.2, 0.25) is 11.8 Å². The first-order valence-electron chi connectivity index (χ1n) is 8.42. The molecule has 2 aromatic carbocycles. The van der Waals surface area contributed by atoms with Crippen LogP contribution in [-0.2, 0) is 9.59 Å². The van der Waals surface area contributed by atoms with E-state index in [1.807, 2.05) is 50.2 Å². The van der Waals surface area contributed by atoms with Gasteiger partial charge < -0.3 is 10.2 Å². The van der Waals surface area contributed by atoms with Crippen LogP contribution in [0.25, 0.3) is 0 Å². The first-order valence-corrected chi connectivity index (χ1v) is 8.80. The standard InChI is InChI=1S/C20H21ClN2O2/c1-3-23(16-7-5-4-6-8-16)19(25)20(11-12-20)18(24)22-15-10-9-14(2)17(21)13-15/h4-10,13H,3,11-12H2,1-2H3,(H,22,24). The molecule has 0 radical (unpaired) electrons. The Morgan fingerprint density at radius 2 is 1.84 bits per heavy atom. The van der Waals surface area contributed by atoms with Gasteiger partial charge in [-0.2, -0.15) is 0 Å². The Morgan fingerprint density at radius 3 is 2.40 bits per heavy atom. The van der Waals surface area contributed by atoms with Crippen molar-refractivity contribution >= 4 is 34.8 Å². The maximum atomic E-state index is 13.1. The minimum Gasteiger partial charge on any atom is -0.325 e. The number of amides is 2. The summed E-state index contributed by atoms with van der Waals surface area (Å²) in [6.45, 7) is 4.34. The molecule has 0 heterocycles. The quantitative estimate of drug-likeness (QED) is 0.806. The Bertz CT molecular complexity index is 801. The third-order valence-corrected chi connectivity index (χ3v) is 5.06. The number of benzene rings is 2. The van der Waals surface area contributed by atoms with Crippen LogP contribution in [0, 0.1) is 12.3 Å². The number of anilines is 2. The second-order valence-corrected chi connectivity index (χ2v) is 6.79. The van der Waals surface area contributed by atoms with Crippen LogP contribution < -0.4 is 10.2 Å². The fourth-order valence-electron chi connectivity index (χ4n) is 2.89. The minimum atomic E-state index is -0.969. The molecule has 130 valence electrons.